The molecule has 2 unspecified atom stereocenters. The summed E-state index contributed by atoms with van der Waals surface area (Å²) >= 11 is 0. The number of rotatable bonds is 5. The van der Waals surface area contributed by atoms with Crippen LogP contribution in [0.2, 0.25) is 0 Å². The highest BCUT2D eigenvalue weighted by Crippen LogP contribution is 2.40. The molecule has 4 rings (SSSR count). The van der Waals surface area contributed by atoms with Gasteiger partial charge in [0.05, 0.1) is 28.1 Å². The summed E-state index contributed by atoms with van der Waals surface area (Å²) in [6, 6.07) is 1.29. The number of aryl methyl sites for hydroxylation is 1. The van der Waals surface area contributed by atoms with Crippen molar-refractivity contribution in [3.63, 3.8) is 0 Å². The molecule has 1 amide bonds. The molecule has 1 saturated heterocycles. The van der Waals surface area contributed by atoms with Gasteiger partial charge in [-0.1, -0.05) is 5.16 Å². The Hall–Kier alpha value is -2.49. The molecule has 1 saturated carbocycles. The van der Waals surface area contributed by atoms with Crippen LogP contribution in [-0.2, 0) is 19.4 Å². The lowest BCUT2D eigenvalue weighted by atomic mass is 10.1. The number of aromatic nitrogens is 2. The van der Waals surface area contributed by atoms with Crippen molar-refractivity contribution in [3.05, 3.63) is 23.0 Å². The van der Waals surface area contributed by atoms with E-state index in [0.29, 0.717) is 23.4 Å². The molecule has 156 valence electrons. The van der Waals surface area contributed by atoms with Crippen LogP contribution < -0.4 is 0 Å². The fourth-order valence-electron chi connectivity index (χ4n) is 3.68. The number of esters is 1. The van der Waals surface area contributed by atoms with E-state index >= 15 is 0 Å². The molecule has 2 fully saturated rings. The van der Waals surface area contributed by atoms with Crippen molar-refractivity contribution in [1.82, 2.24) is 15.0 Å². The fraction of sp³-hybridized carbons (Fsp3) is 0.579. The third kappa shape index (κ3) is 3.85. The van der Waals surface area contributed by atoms with Gasteiger partial charge in [-0.2, -0.15) is 0 Å². The molecule has 0 bridgehead atoms. The number of hydrogen-bond acceptors (Lipinski definition) is 8. The minimum absolute atomic E-state index is 0.0640. The normalized spacial score (nSPS) is 21.8. The van der Waals surface area contributed by atoms with Crippen LogP contribution in [0.4, 0.5) is 0 Å². The lowest BCUT2D eigenvalue weighted by molar-refractivity contribution is -0.140. The van der Waals surface area contributed by atoms with Crippen LogP contribution in [0.5, 0.6) is 0 Å². The standard InChI is InChI=1S/C19H23N3O6S/c1-10-16-14(8-15(12-4-5-12)20-17(16)28-21-10)19(24)27-11(2)18(23)22(3)13-6-7-29(25,26)9-13/h8,11-13H,4-7,9H2,1-3H3. The summed E-state index contributed by atoms with van der Waals surface area (Å²) in [7, 11) is -1.58. The Bertz CT molecular complexity index is 1090. The van der Waals surface area contributed by atoms with Crippen LogP contribution in [0, 0.1) is 6.92 Å². The van der Waals surface area contributed by atoms with Crippen LogP contribution in [0.25, 0.3) is 11.1 Å². The number of amides is 1. The minimum Gasteiger partial charge on any atom is -0.449 e. The van der Waals surface area contributed by atoms with E-state index in [9.17, 15) is 18.0 Å². The van der Waals surface area contributed by atoms with Gasteiger partial charge in [0.15, 0.2) is 15.9 Å². The van der Waals surface area contributed by atoms with Crippen LogP contribution in [-0.4, -0.2) is 66.0 Å². The first-order chi connectivity index (χ1) is 13.7. The monoisotopic (exact) mass is 421 g/mol. The molecular weight excluding hydrogens is 398 g/mol. The number of fused-ring (bicyclic) bond motifs is 1. The van der Waals surface area contributed by atoms with Crippen molar-refractivity contribution in [2.24, 2.45) is 0 Å². The number of likely N-dealkylation sites (N-methyl/N-ethyl adjacent to an activating group) is 1. The molecule has 29 heavy (non-hydrogen) atoms. The van der Waals surface area contributed by atoms with Crippen molar-refractivity contribution in [1.29, 1.82) is 0 Å². The van der Waals surface area contributed by atoms with Crippen molar-refractivity contribution >= 4 is 32.8 Å². The summed E-state index contributed by atoms with van der Waals surface area (Å²) < 4.78 is 34.0. The summed E-state index contributed by atoms with van der Waals surface area (Å²) in [6.07, 6.45) is 1.35. The third-order valence-electron chi connectivity index (χ3n) is 5.59. The van der Waals surface area contributed by atoms with E-state index in [1.165, 1.54) is 18.9 Å². The third-order valence-corrected chi connectivity index (χ3v) is 7.34. The van der Waals surface area contributed by atoms with Crippen LogP contribution in [0.15, 0.2) is 10.6 Å². The van der Waals surface area contributed by atoms with Gasteiger partial charge in [0.25, 0.3) is 11.6 Å². The second-order valence-electron chi connectivity index (χ2n) is 7.87. The van der Waals surface area contributed by atoms with Crippen molar-refractivity contribution < 1.29 is 27.3 Å². The molecular formula is C19H23N3O6S. The van der Waals surface area contributed by atoms with E-state index in [2.05, 4.69) is 10.1 Å². The molecule has 0 spiro atoms. The molecule has 3 heterocycles. The maximum Gasteiger partial charge on any atom is 0.339 e. The van der Waals surface area contributed by atoms with E-state index in [0.717, 1.165) is 18.5 Å². The maximum absolute atomic E-state index is 12.9. The average Bonchev–Trinajstić information content (AvgIpc) is 3.38. The van der Waals surface area contributed by atoms with E-state index in [-0.39, 0.29) is 22.8 Å². The Morgan fingerprint density at radius 1 is 1.31 bits per heavy atom. The number of ether oxygens (including phenoxy) is 1. The highest BCUT2D eigenvalue weighted by atomic mass is 32.2. The predicted octanol–water partition coefficient (Wildman–Crippen LogP) is 1.60. The highest BCUT2D eigenvalue weighted by molar-refractivity contribution is 7.91. The summed E-state index contributed by atoms with van der Waals surface area (Å²) in [4.78, 5) is 31.4. The number of pyridine rings is 1. The van der Waals surface area contributed by atoms with E-state index < -0.39 is 33.9 Å². The van der Waals surface area contributed by atoms with Crippen LogP contribution >= 0.6 is 0 Å². The molecule has 2 aromatic rings. The zero-order valence-electron chi connectivity index (χ0n) is 16.5. The SMILES string of the molecule is Cc1noc2nc(C3CC3)cc(C(=O)OC(C)C(=O)N(C)C3CCS(=O)(=O)C3)c12. The predicted molar refractivity (Wildman–Crippen MR) is 103 cm³/mol. The second-order valence-corrected chi connectivity index (χ2v) is 10.1. The summed E-state index contributed by atoms with van der Waals surface area (Å²) in [5.74, 6) is -0.791. The first-order valence-corrected chi connectivity index (χ1v) is 11.4. The fourth-order valence-corrected chi connectivity index (χ4v) is 5.46. The molecule has 2 aliphatic rings. The minimum atomic E-state index is -3.12. The van der Waals surface area contributed by atoms with E-state index in [4.69, 9.17) is 9.26 Å². The highest BCUT2D eigenvalue weighted by Gasteiger charge is 2.35. The number of sulfone groups is 1. The molecule has 1 aliphatic heterocycles. The maximum atomic E-state index is 12.9. The Balaban J connectivity index is 1.53. The molecule has 0 radical (unpaired) electrons. The lowest BCUT2D eigenvalue weighted by Gasteiger charge is -2.26. The van der Waals surface area contributed by atoms with Gasteiger partial charge in [0.2, 0.25) is 0 Å². The Morgan fingerprint density at radius 2 is 2.03 bits per heavy atom. The summed E-state index contributed by atoms with van der Waals surface area (Å²) in [5.41, 5.74) is 1.84. The molecule has 9 nitrogen and oxygen atoms in total. The Kier molecular flexibility index (Phi) is 4.84. The van der Waals surface area contributed by atoms with E-state index in [1.54, 1.807) is 13.0 Å². The molecule has 1 aliphatic carbocycles. The van der Waals surface area contributed by atoms with Gasteiger partial charge in [-0.15, -0.1) is 0 Å². The second kappa shape index (κ2) is 7.08. The molecule has 0 N–H and O–H groups in total. The van der Waals surface area contributed by atoms with Crippen LogP contribution in [0.3, 0.4) is 0 Å². The number of carbonyl (C=O) groups is 2. The first kappa shape index (κ1) is 19.8. The zero-order chi connectivity index (χ0) is 20.9. The van der Waals surface area contributed by atoms with Gasteiger partial charge < -0.3 is 14.2 Å². The zero-order valence-corrected chi connectivity index (χ0v) is 17.4. The molecule has 2 aromatic heterocycles. The molecule has 0 aromatic carbocycles. The van der Waals surface area contributed by atoms with Gasteiger partial charge in [0.1, 0.15) is 0 Å². The topological polar surface area (TPSA) is 120 Å². The lowest BCUT2D eigenvalue weighted by Crippen LogP contribution is -2.44. The first-order valence-electron chi connectivity index (χ1n) is 9.61. The van der Waals surface area contributed by atoms with Crippen molar-refractivity contribution in [2.45, 2.75) is 51.2 Å². The Morgan fingerprint density at radius 3 is 2.66 bits per heavy atom. The number of hydrogen-bond donors (Lipinski definition) is 0. The molecule has 2 atom stereocenters. The van der Waals surface area contributed by atoms with Gasteiger partial charge in [-0.3, -0.25) is 4.79 Å². The van der Waals surface area contributed by atoms with E-state index in [1.807, 2.05) is 0 Å². The van der Waals surface area contributed by atoms with Gasteiger partial charge in [-0.25, -0.2) is 18.2 Å². The summed E-state index contributed by atoms with van der Waals surface area (Å²) in [5, 5.41) is 4.37. The summed E-state index contributed by atoms with van der Waals surface area (Å²) in [6.45, 7) is 3.20. The smallest absolute Gasteiger partial charge is 0.339 e. The quantitative estimate of drug-likeness (QED) is 0.668. The van der Waals surface area contributed by atoms with Gasteiger partial charge in [0, 0.05) is 24.7 Å². The van der Waals surface area contributed by atoms with Gasteiger partial charge >= 0.3 is 5.97 Å². The van der Waals surface area contributed by atoms with Crippen LogP contribution in [0.1, 0.15) is 53.8 Å². The largest absolute Gasteiger partial charge is 0.449 e. The Labute approximate surface area is 168 Å². The molecule has 10 heteroatoms. The average molecular weight is 421 g/mol. The van der Waals surface area contributed by atoms with Crippen molar-refractivity contribution in [3.8, 4) is 0 Å². The van der Waals surface area contributed by atoms with Crippen molar-refractivity contribution in [2.75, 3.05) is 18.6 Å². The van der Waals surface area contributed by atoms with Gasteiger partial charge in [-0.05, 0) is 39.2 Å². The number of nitrogens with zero attached hydrogens (tertiary/aromatic N) is 3. The number of carbonyl (C=O) groups excluding carboxylic acids is 2.